The van der Waals surface area contributed by atoms with Crippen molar-refractivity contribution in [1.29, 1.82) is 0 Å². The molecule has 1 N–H and O–H groups in total. The molecule has 0 spiro atoms. The van der Waals surface area contributed by atoms with E-state index in [4.69, 9.17) is 34.8 Å². The number of carbonyl (C=O) groups excluding carboxylic acids is 1. The van der Waals surface area contributed by atoms with Crippen molar-refractivity contribution in [1.82, 2.24) is 5.43 Å². The van der Waals surface area contributed by atoms with Crippen LogP contribution in [-0.4, -0.2) is 20.5 Å². The third-order valence-electron chi connectivity index (χ3n) is 5.60. The highest BCUT2D eigenvalue weighted by Gasteiger charge is 2.28. The monoisotopic (exact) mass is 585 g/mol. The Morgan fingerprint density at radius 1 is 0.895 bits per heavy atom. The fourth-order valence-corrected chi connectivity index (χ4v) is 5.66. The van der Waals surface area contributed by atoms with Crippen LogP contribution in [0.3, 0.4) is 0 Å². The molecule has 6 nitrogen and oxygen atoms in total. The molecular formula is C28H22Cl3N3O3S. The van der Waals surface area contributed by atoms with E-state index >= 15 is 0 Å². The number of benzene rings is 4. The van der Waals surface area contributed by atoms with Crippen LogP contribution in [0.4, 0.5) is 5.69 Å². The summed E-state index contributed by atoms with van der Waals surface area (Å²) in [7, 11) is -4.06. The number of nitrogens with zero attached hydrogens (tertiary/aromatic N) is 2. The predicted octanol–water partition coefficient (Wildman–Crippen LogP) is 7.11. The van der Waals surface area contributed by atoms with Crippen molar-refractivity contribution in [3.8, 4) is 0 Å². The molecule has 4 aromatic rings. The van der Waals surface area contributed by atoms with Crippen molar-refractivity contribution in [3.05, 3.63) is 128 Å². The summed E-state index contributed by atoms with van der Waals surface area (Å²) in [6.07, 6.45) is 1.38. The number of anilines is 1. The number of nitrogens with one attached hydrogen (secondary N) is 1. The quantitative estimate of drug-likeness (QED) is 0.176. The van der Waals surface area contributed by atoms with Gasteiger partial charge in [-0.2, -0.15) is 5.10 Å². The molecule has 0 aliphatic carbocycles. The molecule has 0 saturated carbocycles. The second-order valence-electron chi connectivity index (χ2n) is 8.33. The highest BCUT2D eigenvalue weighted by atomic mass is 35.5. The van der Waals surface area contributed by atoms with Gasteiger partial charge in [-0.05, 0) is 61.0 Å². The van der Waals surface area contributed by atoms with Crippen molar-refractivity contribution in [2.24, 2.45) is 5.10 Å². The van der Waals surface area contributed by atoms with Crippen molar-refractivity contribution < 1.29 is 13.2 Å². The number of carbonyl (C=O) groups is 1. The summed E-state index contributed by atoms with van der Waals surface area (Å²) in [6.45, 7) is 1.85. The summed E-state index contributed by atoms with van der Waals surface area (Å²) >= 11 is 18.1. The van der Waals surface area contributed by atoms with Gasteiger partial charge >= 0.3 is 0 Å². The normalized spacial score (nSPS) is 11.5. The second kappa shape index (κ2) is 12.0. The van der Waals surface area contributed by atoms with Crippen molar-refractivity contribution >= 4 is 62.6 Å². The van der Waals surface area contributed by atoms with E-state index in [0.29, 0.717) is 26.2 Å². The molecule has 38 heavy (non-hydrogen) atoms. The molecule has 0 saturated heterocycles. The van der Waals surface area contributed by atoms with E-state index in [9.17, 15) is 13.2 Å². The molecule has 0 radical (unpaired) electrons. The number of hydrogen-bond acceptors (Lipinski definition) is 4. The number of halogens is 3. The maximum absolute atomic E-state index is 13.9. The van der Waals surface area contributed by atoms with Gasteiger partial charge in [-0.15, -0.1) is 0 Å². The molecule has 0 aromatic heterocycles. The average Bonchev–Trinajstić information content (AvgIpc) is 2.89. The van der Waals surface area contributed by atoms with E-state index < -0.39 is 15.9 Å². The molecule has 0 bridgehead atoms. The van der Waals surface area contributed by atoms with E-state index in [2.05, 4.69) is 10.5 Å². The van der Waals surface area contributed by atoms with Crippen LogP contribution in [0.25, 0.3) is 0 Å². The maximum atomic E-state index is 13.9. The van der Waals surface area contributed by atoms with Crippen molar-refractivity contribution in [3.63, 3.8) is 0 Å². The van der Waals surface area contributed by atoms with Crippen LogP contribution in [0.15, 0.2) is 101 Å². The van der Waals surface area contributed by atoms with Gasteiger partial charge in [-0.3, -0.25) is 9.10 Å². The highest BCUT2D eigenvalue weighted by Crippen LogP contribution is 2.30. The Morgan fingerprint density at radius 3 is 2.24 bits per heavy atom. The Labute approximate surface area is 236 Å². The first kappa shape index (κ1) is 27.7. The van der Waals surface area contributed by atoms with Crippen molar-refractivity contribution in [2.75, 3.05) is 4.31 Å². The molecule has 0 aliphatic heterocycles. The van der Waals surface area contributed by atoms with Crippen LogP contribution in [-0.2, 0) is 16.6 Å². The molecule has 4 rings (SSSR count). The summed E-state index contributed by atoms with van der Waals surface area (Å²) in [5.41, 5.74) is 4.94. The molecule has 194 valence electrons. The zero-order valence-electron chi connectivity index (χ0n) is 20.1. The minimum atomic E-state index is -4.06. The summed E-state index contributed by atoms with van der Waals surface area (Å²) in [5.74, 6) is -0.595. The van der Waals surface area contributed by atoms with Gasteiger partial charge in [0.1, 0.15) is 0 Å². The number of para-hydroxylation sites is 1. The fraction of sp³-hybridized carbons (Fsp3) is 0.0714. The first-order valence-electron chi connectivity index (χ1n) is 11.4. The third kappa shape index (κ3) is 6.55. The summed E-state index contributed by atoms with van der Waals surface area (Å²) in [6, 6.07) is 24.7. The van der Waals surface area contributed by atoms with E-state index in [0.717, 1.165) is 5.56 Å². The Balaban J connectivity index is 1.71. The maximum Gasteiger partial charge on any atom is 0.273 e. The molecule has 10 heteroatoms. The molecule has 4 aromatic carbocycles. The molecule has 0 heterocycles. The number of hydrazone groups is 1. The number of aryl methyl sites for hydroxylation is 1. The van der Waals surface area contributed by atoms with Crippen LogP contribution in [0.5, 0.6) is 0 Å². The van der Waals surface area contributed by atoms with Gasteiger partial charge < -0.3 is 0 Å². The zero-order valence-corrected chi connectivity index (χ0v) is 23.2. The van der Waals surface area contributed by atoms with E-state index in [1.165, 1.54) is 16.6 Å². The molecular weight excluding hydrogens is 565 g/mol. The Kier molecular flexibility index (Phi) is 8.74. The van der Waals surface area contributed by atoms with E-state index in [1.807, 2.05) is 6.92 Å². The Bertz CT molecular complexity index is 1590. The summed E-state index contributed by atoms with van der Waals surface area (Å²) < 4.78 is 28.9. The first-order chi connectivity index (χ1) is 18.1. The van der Waals surface area contributed by atoms with Crippen LogP contribution in [0, 0.1) is 6.92 Å². The molecule has 0 aliphatic rings. The minimum absolute atomic E-state index is 0.0265. The number of rotatable bonds is 8. The molecule has 0 fully saturated rings. The predicted molar refractivity (Wildman–Crippen MR) is 154 cm³/mol. The zero-order chi connectivity index (χ0) is 27.3. The number of amides is 1. The van der Waals surface area contributed by atoms with Crippen LogP contribution < -0.4 is 9.73 Å². The van der Waals surface area contributed by atoms with Crippen molar-refractivity contribution in [2.45, 2.75) is 18.4 Å². The minimum Gasteiger partial charge on any atom is -0.267 e. The lowest BCUT2D eigenvalue weighted by Gasteiger charge is -2.26. The van der Waals surface area contributed by atoms with Gasteiger partial charge in [0, 0.05) is 15.6 Å². The largest absolute Gasteiger partial charge is 0.273 e. The number of sulfonamides is 1. The lowest BCUT2D eigenvalue weighted by molar-refractivity contribution is 0.0955. The highest BCUT2D eigenvalue weighted by molar-refractivity contribution is 7.92. The standard InChI is InChI=1S/C28H22Cl3N3O3S/c1-19-6-14-24(15-7-19)38(36,37)34(18-20-8-11-22(29)12-9-20)27-5-3-2-4-25(27)28(35)33-32-17-21-10-13-23(30)16-26(21)31/h2-17H,18H2,1H3,(H,33,35)/b32-17-. The van der Waals surface area contributed by atoms with Crippen LogP contribution in [0.2, 0.25) is 15.1 Å². The second-order valence-corrected chi connectivity index (χ2v) is 11.5. The first-order valence-corrected chi connectivity index (χ1v) is 13.9. The number of hydrogen-bond donors (Lipinski definition) is 1. The van der Waals surface area contributed by atoms with Crippen LogP contribution in [0.1, 0.15) is 27.0 Å². The SMILES string of the molecule is Cc1ccc(S(=O)(=O)N(Cc2ccc(Cl)cc2)c2ccccc2C(=O)N/N=C\c2ccc(Cl)cc2Cl)cc1. The lowest BCUT2D eigenvalue weighted by atomic mass is 10.1. The van der Waals surface area contributed by atoms with Gasteiger partial charge in [-0.1, -0.05) is 82.8 Å². The average molecular weight is 587 g/mol. The van der Waals surface area contributed by atoms with Crippen LogP contribution >= 0.6 is 34.8 Å². The third-order valence-corrected chi connectivity index (χ3v) is 8.19. The van der Waals surface area contributed by atoms with Gasteiger partial charge in [0.2, 0.25) is 0 Å². The van der Waals surface area contributed by atoms with Gasteiger partial charge in [-0.25, -0.2) is 13.8 Å². The summed E-state index contributed by atoms with van der Waals surface area (Å²) in [5, 5.41) is 5.37. The molecule has 0 unspecified atom stereocenters. The van der Waals surface area contributed by atoms with E-state index in [1.54, 1.807) is 84.9 Å². The topological polar surface area (TPSA) is 78.8 Å². The fourth-order valence-electron chi connectivity index (χ4n) is 3.60. The van der Waals surface area contributed by atoms with E-state index in [-0.39, 0.29) is 22.7 Å². The Hall–Kier alpha value is -3.36. The molecule has 0 atom stereocenters. The van der Waals surface area contributed by atoms with Gasteiger partial charge in [0.25, 0.3) is 15.9 Å². The smallest absolute Gasteiger partial charge is 0.267 e. The van der Waals surface area contributed by atoms with Gasteiger partial charge in [0.15, 0.2) is 0 Å². The lowest BCUT2D eigenvalue weighted by Crippen LogP contribution is -2.33. The summed E-state index contributed by atoms with van der Waals surface area (Å²) in [4.78, 5) is 13.3. The molecule has 1 amide bonds. The van der Waals surface area contributed by atoms with Gasteiger partial charge in [0.05, 0.1) is 33.9 Å². The Morgan fingerprint density at radius 2 is 1.55 bits per heavy atom.